The molecule has 0 amide bonds. The van der Waals surface area contributed by atoms with Gasteiger partial charge in [0.05, 0.1) is 0 Å². The zero-order valence-corrected chi connectivity index (χ0v) is 10.9. The molecule has 0 aliphatic heterocycles. The third kappa shape index (κ3) is 2.80. The van der Waals surface area contributed by atoms with E-state index in [9.17, 15) is 8.78 Å². The van der Waals surface area contributed by atoms with E-state index in [0.29, 0.717) is 17.9 Å². The Kier molecular flexibility index (Phi) is 4.15. The molecule has 18 heavy (non-hydrogen) atoms. The highest BCUT2D eigenvalue weighted by molar-refractivity contribution is 5.30. The average Bonchev–Trinajstić information content (AvgIpc) is 2.36. The topological polar surface area (TPSA) is 0 Å². The van der Waals surface area contributed by atoms with Gasteiger partial charge in [-0.2, -0.15) is 0 Å². The van der Waals surface area contributed by atoms with Crippen molar-refractivity contribution >= 4 is 0 Å². The van der Waals surface area contributed by atoms with Gasteiger partial charge in [-0.1, -0.05) is 31.9 Å². The van der Waals surface area contributed by atoms with Gasteiger partial charge < -0.3 is 0 Å². The standard InChI is InChI=1S/C16H20F2/c1-3-4-13-9-14(10-15(17)16(13)18)12-7-5-11(2)6-8-12/h3,9-12H,1,4-8H2,2H3. The second-order valence-electron chi connectivity index (χ2n) is 5.43. The van der Waals surface area contributed by atoms with Gasteiger partial charge in [0, 0.05) is 0 Å². The molecule has 0 radical (unpaired) electrons. The summed E-state index contributed by atoms with van der Waals surface area (Å²) in [4.78, 5) is 0. The highest BCUT2D eigenvalue weighted by atomic mass is 19.2. The lowest BCUT2D eigenvalue weighted by atomic mass is 9.79. The van der Waals surface area contributed by atoms with Gasteiger partial charge in [0.1, 0.15) is 0 Å². The minimum absolute atomic E-state index is 0.389. The molecule has 0 heterocycles. The monoisotopic (exact) mass is 250 g/mol. The molecule has 1 aliphatic carbocycles. The van der Waals surface area contributed by atoms with Gasteiger partial charge in [0.2, 0.25) is 0 Å². The Morgan fingerprint density at radius 3 is 2.50 bits per heavy atom. The molecule has 0 unspecified atom stereocenters. The van der Waals surface area contributed by atoms with Crippen LogP contribution in [0.2, 0.25) is 0 Å². The zero-order chi connectivity index (χ0) is 13.1. The van der Waals surface area contributed by atoms with E-state index >= 15 is 0 Å². The van der Waals surface area contributed by atoms with Crippen molar-refractivity contribution in [1.29, 1.82) is 0 Å². The van der Waals surface area contributed by atoms with Crippen LogP contribution in [0, 0.1) is 17.6 Å². The van der Waals surface area contributed by atoms with Gasteiger partial charge >= 0.3 is 0 Å². The van der Waals surface area contributed by atoms with E-state index in [1.165, 1.54) is 18.9 Å². The van der Waals surface area contributed by atoms with E-state index < -0.39 is 11.6 Å². The SMILES string of the molecule is C=CCc1cc(C2CCC(C)CC2)cc(F)c1F. The normalized spacial score (nSPS) is 23.9. The highest BCUT2D eigenvalue weighted by Crippen LogP contribution is 2.36. The summed E-state index contributed by atoms with van der Waals surface area (Å²) in [5.74, 6) is -0.287. The molecule has 2 heteroatoms. The van der Waals surface area contributed by atoms with E-state index in [0.717, 1.165) is 24.3 Å². The fourth-order valence-corrected chi connectivity index (χ4v) is 2.80. The number of hydrogen-bond acceptors (Lipinski definition) is 0. The molecule has 1 aliphatic rings. The number of rotatable bonds is 3. The first-order valence-corrected chi connectivity index (χ1v) is 6.70. The van der Waals surface area contributed by atoms with E-state index in [1.807, 2.05) is 6.07 Å². The van der Waals surface area contributed by atoms with Crippen LogP contribution >= 0.6 is 0 Å². The Balaban J connectivity index is 2.25. The molecule has 1 aromatic rings. The lowest BCUT2D eigenvalue weighted by Crippen LogP contribution is -2.12. The van der Waals surface area contributed by atoms with Crippen molar-refractivity contribution in [2.75, 3.05) is 0 Å². The summed E-state index contributed by atoms with van der Waals surface area (Å²) >= 11 is 0. The van der Waals surface area contributed by atoms with Crippen molar-refractivity contribution < 1.29 is 8.78 Å². The number of hydrogen-bond donors (Lipinski definition) is 0. The summed E-state index contributed by atoms with van der Waals surface area (Å²) in [6, 6.07) is 3.20. The molecule has 1 fully saturated rings. The number of allylic oxidation sites excluding steroid dienone is 1. The molecular weight excluding hydrogens is 230 g/mol. The molecule has 2 rings (SSSR count). The van der Waals surface area contributed by atoms with Gasteiger partial charge in [0.15, 0.2) is 11.6 Å². The smallest absolute Gasteiger partial charge is 0.162 e. The van der Waals surface area contributed by atoms with Crippen LogP contribution in [0.1, 0.15) is 49.7 Å². The third-order valence-corrected chi connectivity index (χ3v) is 3.98. The Morgan fingerprint density at radius 1 is 1.22 bits per heavy atom. The molecule has 0 bridgehead atoms. The van der Waals surface area contributed by atoms with Crippen molar-refractivity contribution in [3.8, 4) is 0 Å². The van der Waals surface area contributed by atoms with Gasteiger partial charge in [-0.05, 0) is 48.3 Å². The third-order valence-electron chi connectivity index (χ3n) is 3.98. The van der Waals surface area contributed by atoms with Crippen molar-refractivity contribution in [3.05, 3.63) is 47.5 Å². The summed E-state index contributed by atoms with van der Waals surface area (Å²) in [6.45, 7) is 5.84. The second kappa shape index (κ2) is 5.64. The van der Waals surface area contributed by atoms with Crippen molar-refractivity contribution in [1.82, 2.24) is 0 Å². The molecule has 0 saturated heterocycles. The maximum absolute atomic E-state index is 13.6. The molecule has 98 valence electrons. The predicted octanol–water partition coefficient (Wildman–Crippen LogP) is 4.99. The molecule has 0 spiro atoms. The first kappa shape index (κ1) is 13.3. The van der Waals surface area contributed by atoms with Crippen LogP contribution in [0.4, 0.5) is 8.78 Å². The summed E-state index contributed by atoms with van der Waals surface area (Å²) in [7, 11) is 0. The van der Waals surface area contributed by atoms with Crippen LogP contribution in [-0.4, -0.2) is 0 Å². The minimum Gasteiger partial charge on any atom is -0.204 e. The summed E-state index contributed by atoms with van der Waals surface area (Å²) in [5, 5.41) is 0. The van der Waals surface area contributed by atoms with E-state index in [4.69, 9.17) is 0 Å². The fourth-order valence-electron chi connectivity index (χ4n) is 2.80. The number of benzene rings is 1. The molecule has 1 saturated carbocycles. The Morgan fingerprint density at radius 2 is 1.89 bits per heavy atom. The molecular formula is C16H20F2. The minimum atomic E-state index is -0.720. The Bertz CT molecular complexity index is 429. The lowest BCUT2D eigenvalue weighted by molar-refractivity contribution is 0.346. The maximum Gasteiger partial charge on any atom is 0.162 e. The largest absolute Gasteiger partial charge is 0.204 e. The van der Waals surface area contributed by atoms with E-state index in [2.05, 4.69) is 13.5 Å². The first-order valence-electron chi connectivity index (χ1n) is 6.70. The first-order chi connectivity index (χ1) is 8.61. The van der Waals surface area contributed by atoms with Crippen molar-refractivity contribution in [3.63, 3.8) is 0 Å². The van der Waals surface area contributed by atoms with Crippen LogP contribution in [-0.2, 0) is 6.42 Å². The Hall–Kier alpha value is -1.18. The predicted molar refractivity (Wildman–Crippen MR) is 70.6 cm³/mol. The lowest BCUT2D eigenvalue weighted by Gasteiger charge is -2.26. The van der Waals surface area contributed by atoms with Gasteiger partial charge in [-0.25, -0.2) is 8.78 Å². The second-order valence-corrected chi connectivity index (χ2v) is 5.43. The van der Waals surface area contributed by atoms with Crippen molar-refractivity contribution in [2.45, 2.75) is 44.9 Å². The van der Waals surface area contributed by atoms with Crippen molar-refractivity contribution in [2.24, 2.45) is 5.92 Å². The van der Waals surface area contributed by atoms with Gasteiger partial charge in [-0.3, -0.25) is 0 Å². The quantitative estimate of drug-likeness (QED) is 0.663. The maximum atomic E-state index is 13.6. The zero-order valence-electron chi connectivity index (χ0n) is 10.9. The van der Waals surface area contributed by atoms with Crippen LogP contribution in [0.15, 0.2) is 24.8 Å². The fraction of sp³-hybridized carbons (Fsp3) is 0.500. The van der Waals surface area contributed by atoms with Crippen LogP contribution in [0.3, 0.4) is 0 Å². The molecule has 0 aromatic heterocycles. The summed E-state index contributed by atoms with van der Waals surface area (Å²) in [5.41, 5.74) is 1.39. The molecule has 0 atom stereocenters. The van der Waals surface area contributed by atoms with E-state index in [1.54, 1.807) is 6.08 Å². The molecule has 1 aromatic carbocycles. The summed E-state index contributed by atoms with van der Waals surface area (Å²) < 4.78 is 27.2. The number of halogens is 2. The highest BCUT2D eigenvalue weighted by Gasteiger charge is 2.21. The van der Waals surface area contributed by atoms with Gasteiger partial charge in [-0.15, -0.1) is 6.58 Å². The van der Waals surface area contributed by atoms with Gasteiger partial charge in [0.25, 0.3) is 0 Å². The Labute approximate surface area is 108 Å². The molecule has 0 N–H and O–H groups in total. The van der Waals surface area contributed by atoms with E-state index in [-0.39, 0.29) is 0 Å². The molecule has 0 nitrogen and oxygen atoms in total. The average molecular weight is 250 g/mol. The van der Waals surface area contributed by atoms with Crippen LogP contribution in [0.25, 0.3) is 0 Å². The van der Waals surface area contributed by atoms with Crippen LogP contribution in [0.5, 0.6) is 0 Å². The summed E-state index contributed by atoms with van der Waals surface area (Å²) in [6.07, 6.45) is 6.53. The van der Waals surface area contributed by atoms with Crippen LogP contribution < -0.4 is 0 Å².